The van der Waals surface area contributed by atoms with Gasteiger partial charge in [-0.3, -0.25) is 9.59 Å². The van der Waals surface area contributed by atoms with Gasteiger partial charge in [0.1, 0.15) is 6.29 Å². The molecule has 1 amide bonds. The van der Waals surface area contributed by atoms with Gasteiger partial charge < -0.3 is 9.80 Å². The second-order valence-electron chi connectivity index (χ2n) is 4.42. The van der Waals surface area contributed by atoms with E-state index < -0.39 is 0 Å². The van der Waals surface area contributed by atoms with Crippen LogP contribution in [0.1, 0.15) is 16.8 Å². The Labute approximate surface area is 111 Å². The quantitative estimate of drug-likeness (QED) is 0.767. The van der Waals surface area contributed by atoms with Gasteiger partial charge in [0.05, 0.1) is 17.3 Å². The van der Waals surface area contributed by atoms with Crippen LogP contribution < -0.4 is 4.90 Å². The molecule has 0 radical (unpaired) electrons. The molecule has 1 aliphatic heterocycles. The van der Waals surface area contributed by atoms with E-state index in [9.17, 15) is 9.59 Å². The first-order valence-corrected chi connectivity index (χ1v) is 6.23. The summed E-state index contributed by atoms with van der Waals surface area (Å²) in [5, 5.41) is 0.511. The van der Waals surface area contributed by atoms with Crippen molar-refractivity contribution in [3.8, 4) is 0 Å². The van der Waals surface area contributed by atoms with Gasteiger partial charge in [0.15, 0.2) is 0 Å². The van der Waals surface area contributed by atoms with Crippen molar-refractivity contribution in [3.05, 3.63) is 28.8 Å². The Morgan fingerprint density at radius 1 is 1.33 bits per heavy atom. The summed E-state index contributed by atoms with van der Waals surface area (Å²) in [5.41, 5.74) is 1.35. The monoisotopic (exact) mass is 266 g/mol. The van der Waals surface area contributed by atoms with Crippen molar-refractivity contribution in [2.45, 2.75) is 6.42 Å². The zero-order valence-corrected chi connectivity index (χ0v) is 11.0. The van der Waals surface area contributed by atoms with E-state index in [2.05, 4.69) is 0 Å². The molecule has 1 aromatic carbocycles. The zero-order valence-electron chi connectivity index (χ0n) is 10.2. The average molecular weight is 267 g/mol. The molecule has 5 heteroatoms. The molecule has 0 saturated carbocycles. The summed E-state index contributed by atoms with van der Waals surface area (Å²) in [5.74, 6) is 0.0861. The molecule has 0 N–H and O–H groups in total. The van der Waals surface area contributed by atoms with Crippen molar-refractivity contribution in [2.24, 2.45) is 0 Å². The van der Waals surface area contributed by atoms with Gasteiger partial charge in [-0.2, -0.15) is 0 Å². The van der Waals surface area contributed by atoms with Gasteiger partial charge in [-0.25, -0.2) is 0 Å². The summed E-state index contributed by atoms with van der Waals surface area (Å²) < 4.78 is 0. The number of carbonyl (C=O) groups is 2. The van der Waals surface area contributed by atoms with Crippen molar-refractivity contribution >= 4 is 29.5 Å². The van der Waals surface area contributed by atoms with Crippen LogP contribution in [0.4, 0.5) is 5.69 Å². The minimum Gasteiger partial charge on any atom is -0.361 e. The van der Waals surface area contributed by atoms with Gasteiger partial charge in [-0.05, 0) is 24.6 Å². The number of hydrogen-bond acceptors (Lipinski definition) is 3. The van der Waals surface area contributed by atoms with Gasteiger partial charge in [0, 0.05) is 25.7 Å². The maximum Gasteiger partial charge on any atom is 0.241 e. The fraction of sp³-hybridized carbons (Fsp3) is 0.385. The number of carbonyl (C=O) groups excluding carboxylic acids is 2. The van der Waals surface area contributed by atoms with Crippen molar-refractivity contribution in [1.82, 2.24) is 4.90 Å². The zero-order chi connectivity index (χ0) is 13.1. The molecule has 1 saturated heterocycles. The Morgan fingerprint density at radius 3 is 2.78 bits per heavy atom. The number of halogens is 1. The van der Waals surface area contributed by atoms with Crippen molar-refractivity contribution in [1.29, 1.82) is 0 Å². The van der Waals surface area contributed by atoms with Crippen LogP contribution in [0.25, 0.3) is 0 Å². The van der Waals surface area contributed by atoms with E-state index >= 15 is 0 Å². The number of anilines is 1. The molecule has 96 valence electrons. The van der Waals surface area contributed by atoms with Crippen LogP contribution in [-0.4, -0.2) is 43.8 Å². The van der Waals surface area contributed by atoms with Crippen molar-refractivity contribution in [2.75, 3.05) is 31.6 Å². The van der Waals surface area contributed by atoms with Gasteiger partial charge in [-0.15, -0.1) is 0 Å². The summed E-state index contributed by atoms with van der Waals surface area (Å²) in [7, 11) is 1.81. The van der Waals surface area contributed by atoms with Gasteiger partial charge >= 0.3 is 0 Å². The van der Waals surface area contributed by atoms with E-state index in [0.29, 0.717) is 17.1 Å². The highest BCUT2D eigenvalue weighted by molar-refractivity contribution is 6.33. The lowest BCUT2D eigenvalue weighted by Gasteiger charge is -2.23. The molecule has 0 unspecified atom stereocenters. The van der Waals surface area contributed by atoms with E-state index in [1.807, 2.05) is 11.9 Å². The third-order valence-corrected chi connectivity index (χ3v) is 3.42. The fourth-order valence-corrected chi connectivity index (χ4v) is 2.35. The summed E-state index contributed by atoms with van der Waals surface area (Å²) in [4.78, 5) is 26.2. The first-order valence-electron chi connectivity index (χ1n) is 5.85. The van der Waals surface area contributed by atoms with Crippen LogP contribution in [0.3, 0.4) is 0 Å². The molecule has 1 heterocycles. The Kier molecular flexibility index (Phi) is 3.87. The average Bonchev–Trinajstić information content (AvgIpc) is 2.52. The molecule has 0 aliphatic carbocycles. The second-order valence-corrected chi connectivity index (χ2v) is 4.83. The van der Waals surface area contributed by atoms with Crippen LogP contribution >= 0.6 is 11.6 Å². The number of nitrogens with zero attached hydrogens (tertiary/aromatic N) is 2. The maximum atomic E-state index is 11.8. The topological polar surface area (TPSA) is 40.6 Å². The van der Waals surface area contributed by atoms with Crippen LogP contribution in [0.2, 0.25) is 5.02 Å². The van der Waals surface area contributed by atoms with Crippen LogP contribution in [0.15, 0.2) is 18.2 Å². The highest BCUT2D eigenvalue weighted by atomic mass is 35.5. The Hall–Kier alpha value is -1.55. The van der Waals surface area contributed by atoms with Crippen LogP contribution in [0, 0.1) is 0 Å². The molecular formula is C13H15ClN2O2. The third-order valence-electron chi connectivity index (χ3n) is 3.12. The molecule has 1 fully saturated rings. The van der Waals surface area contributed by atoms with E-state index in [0.717, 1.165) is 31.5 Å². The Bertz CT molecular complexity index is 476. The summed E-state index contributed by atoms with van der Waals surface area (Å²) in [6, 6.07) is 5.14. The number of likely N-dealkylation sites (N-methyl/N-ethyl adjacent to an activating group) is 1. The van der Waals surface area contributed by atoms with Gasteiger partial charge in [0.25, 0.3) is 0 Å². The van der Waals surface area contributed by atoms with E-state index in [-0.39, 0.29) is 5.91 Å². The highest BCUT2D eigenvalue weighted by Crippen LogP contribution is 2.27. The molecular weight excluding hydrogens is 252 g/mol. The third kappa shape index (κ3) is 2.64. The molecule has 4 nitrogen and oxygen atoms in total. The normalized spacial score (nSPS) is 16.7. The fourth-order valence-electron chi connectivity index (χ4n) is 2.05. The number of hydrogen-bond donors (Lipinski definition) is 0. The predicted molar refractivity (Wildman–Crippen MR) is 71.3 cm³/mol. The van der Waals surface area contributed by atoms with Crippen LogP contribution in [-0.2, 0) is 4.79 Å². The molecule has 0 atom stereocenters. The molecule has 18 heavy (non-hydrogen) atoms. The van der Waals surface area contributed by atoms with E-state index in [1.165, 1.54) is 0 Å². The summed E-state index contributed by atoms with van der Waals surface area (Å²) in [6.45, 7) is 1.88. The largest absolute Gasteiger partial charge is 0.361 e. The lowest BCUT2D eigenvalue weighted by molar-refractivity contribution is -0.127. The first kappa shape index (κ1) is 12.9. The molecule has 0 bridgehead atoms. The smallest absolute Gasteiger partial charge is 0.241 e. The molecule has 2 rings (SSSR count). The number of benzene rings is 1. The Morgan fingerprint density at radius 2 is 2.11 bits per heavy atom. The lowest BCUT2D eigenvalue weighted by Crippen LogP contribution is -2.34. The minimum absolute atomic E-state index is 0.0861. The second kappa shape index (κ2) is 5.40. The SMILES string of the molecule is CN1CCCN(c2ccc(C=O)cc2Cl)CC1=O. The molecule has 0 aromatic heterocycles. The van der Waals surface area contributed by atoms with Gasteiger partial charge in [0.2, 0.25) is 5.91 Å². The number of aldehydes is 1. The van der Waals surface area contributed by atoms with Crippen molar-refractivity contribution < 1.29 is 9.59 Å². The summed E-state index contributed by atoms with van der Waals surface area (Å²) in [6.07, 6.45) is 1.67. The number of rotatable bonds is 2. The number of amides is 1. The van der Waals surface area contributed by atoms with Crippen molar-refractivity contribution in [3.63, 3.8) is 0 Å². The molecule has 1 aromatic rings. The maximum absolute atomic E-state index is 11.8. The molecule has 1 aliphatic rings. The lowest BCUT2D eigenvalue weighted by atomic mass is 10.2. The van der Waals surface area contributed by atoms with Gasteiger partial charge in [-0.1, -0.05) is 11.6 Å². The van der Waals surface area contributed by atoms with Crippen LogP contribution in [0.5, 0.6) is 0 Å². The first-order chi connectivity index (χ1) is 8.61. The molecule has 0 spiro atoms. The minimum atomic E-state index is 0.0861. The van der Waals surface area contributed by atoms with E-state index in [1.54, 1.807) is 23.1 Å². The standard InChI is InChI=1S/C13H15ClN2O2/c1-15-5-2-6-16(8-13(15)18)12-4-3-10(9-17)7-11(12)14/h3-4,7,9H,2,5-6,8H2,1H3. The Balaban J connectivity index is 2.25. The van der Waals surface area contributed by atoms with E-state index in [4.69, 9.17) is 11.6 Å². The highest BCUT2D eigenvalue weighted by Gasteiger charge is 2.20. The summed E-state index contributed by atoms with van der Waals surface area (Å²) >= 11 is 6.15. The predicted octanol–water partition coefficient (Wildman–Crippen LogP) is 1.82.